The van der Waals surface area contributed by atoms with Crippen molar-refractivity contribution in [1.29, 1.82) is 0 Å². The van der Waals surface area contributed by atoms with Gasteiger partial charge in [0.2, 0.25) is 10.0 Å². The first-order valence-electron chi connectivity index (χ1n) is 5.80. The molecule has 0 aromatic heterocycles. The van der Waals surface area contributed by atoms with E-state index in [1.165, 1.54) is 17.5 Å². The Bertz CT molecular complexity index is 512. The number of nitrogens with two attached hydrogens (primary N) is 1. The highest BCUT2D eigenvalue weighted by molar-refractivity contribution is 7.89. The molecule has 0 spiro atoms. The normalized spacial score (nSPS) is 12.1. The van der Waals surface area contributed by atoms with E-state index in [2.05, 4.69) is 0 Å². The number of sulfonamides is 1. The van der Waals surface area contributed by atoms with Crippen LogP contribution in [0.3, 0.4) is 0 Å². The Labute approximate surface area is 109 Å². The second-order valence-electron chi connectivity index (χ2n) is 4.21. The van der Waals surface area contributed by atoms with Crippen LogP contribution in [0, 0.1) is 0 Å². The van der Waals surface area contributed by atoms with Gasteiger partial charge in [0.05, 0.1) is 7.11 Å². The van der Waals surface area contributed by atoms with E-state index in [0.29, 0.717) is 18.0 Å². The molecule has 0 aliphatic rings. The van der Waals surface area contributed by atoms with Crippen LogP contribution < -0.4 is 10.5 Å². The summed E-state index contributed by atoms with van der Waals surface area (Å²) in [4.78, 5) is 0.112. The van der Waals surface area contributed by atoms with Crippen LogP contribution in [0.1, 0.15) is 20.8 Å². The second kappa shape index (κ2) is 5.58. The number of anilines is 1. The fourth-order valence-electron chi connectivity index (χ4n) is 1.83. The van der Waals surface area contributed by atoms with Gasteiger partial charge in [-0.1, -0.05) is 6.92 Å². The van der Waals surface area contributed by atoms with Crippen LogP contribution in [0.15, 0.2) is 23.1 Å². The minimum absolute atomic E-state index is 0.112. The Kier molecular flexibility index (Phi) is 4.59. The SMILES string of the molecule is CCN(C(C)C)S(=O)(=O)c1cc(N)ccc1OC. The van der Waals surface area contributed by atoms with Gasteiger partial charge in [-0.2, -0.15) is 4.31 Å². The van der Waals surface area contributed by atoms with Crippen molar-refractivity contribution < 1.29 is 13.2 Å². The van der Waals surface area contributed by atoms with Crippen molar-refractivity contribution in [3.63, 3.8) is 0 Å². The third kappa shape index (κ3) is 2.76. The first kappa shape index (κ1) is 14.8. The van der Waals surface area contributed by atoms with Crippen LogP contribution in [-0.4, -0.2) is 32.4 Å². The number of hydrogen-bond donors (Lipinski definition) is 1. The molecule has 1 aromatic carbocycles. The van der Waals surface area contributed by atoms with E-state index in [9.17, 15) is 8.42 Å². The molecule has 0 atom stereocenters. The summed E-state index contributed by atoms with van der Waals surface area (Å²) < 4.78 is 31.6. The van der Waals surface area contributed by atoms with Crippen LogP contribution in [-0.2, 0) is 10.0 Å². The lowest BCUT2D eigenvalue weighted by Crippen LogP contribution is -2.36. The number of hydrogen-bond acceptors (Lipinski definition) is 4. The van der Waals surface area contributed by atoms with Crippen molar-refractivity contribution in [1.82, 2.24) is 4.31 Å². The summed E-state index contributed by atoms with van der Waals surface area (Å²) in [7, 11) is -2.15. The monoisotopic (exact) mass is 272 g/mol. The van der Waals surface area contributed by atoms with Gasteiger partial charge in [0.15, 0.2) is 0 Å². The van der Waals surface area contributed by atoms with Crippen molar-refractivity contribution in [2.45, 2.75) is 31.7 Å². The van der Waals surface area contributed by atoms with Gasteiger partial charge in [0, 0.05) is 18.3 Å². The van der Waals surface area contributed by atoms with Crippen LogP contribution in [0.25, 0.3) is 0 Å². The molecular weight excluding hydrogens is 252 g/mol. The van der Waals surface area contributed by atoms with Gasteiger partial charge in [-0.25, -0.2) is 8.42 Å². The number of benzene rings is 1. The molecule has 0 aliphatic heterocycles. The Morgan fingerprint density at radius 1 is 1.39 bits per heavy atom. The fraction of sp³-hybridized carbons (Fsp3) is 0.500. The Morgan fingerprint density at radius 2 is 2.00 bits per heavy atom. The average molecular weight is 272 g/mol. The Balaban J connectivity index is 3.39. The molecule has 0 radical (unpaired) electrons. The molecule has 0 saturated heterocycles. The topological polar surface area (TPSA) is 72.6 Å². The highest BCUT2D eigenvalue weighted by atomic mass is 32.2. The summed E-state index contributed by atoms with van der Waals surface area (Å²) in [5, 5.41) is 0. The third-order valence-corrected chi connectivity index (χ3v) is 4.83. The van der Waals surface area contributed by atoms with Crippen molar-refractivity contribution in [3.8, 4) is 5.75 Å². The smallest absolute Gasteiger partial charge is 0.247 e. The molecule has 0 aliphatic carbocycles. The zero-order chi connectivity index (χ0) is 13.9. The van der Waals surface area contributed by atoms with Gasteiger partial charge in [-0.15, -0.1) is 0 Å². The zero-order valence-electron chi connectivity index (χ0n) is 11.2. The molecule has 18 heavy (non-hydrogen) atoms. The molecule has 6 heteroatoms. The van der Waals surface area contributed by atoms with E-state index >= 15 is 0 Å². The van der Waals surface area contributed by atoms with Crippen LogP contribution in [0.2, 0.25) is 0 Å². The molecule has 5 nitrogen and oxygen atoms in total. The van der Waals surface area contributed by atoms with E-state index in [0.717, 1.165) is 0 Å². The van der Waals surface area contributed by atoms with Gasteiger partial charge in [-0.05, 0) is 32.0 Å². The molecule has 0 fully saturated rings. The van der Waals surface area contributed by atoms with Crippen molar-refractivity contribution in [2.24, 2.45) is 0 Å². The van der Waals surface area contributed by atoms with Gasteiger partial charge in [-0.3, -0.25) is 0 Å². The first-order valence-corrected chi connectivity index (χ1v) is 7.24. The maximum absolute atomic E-state index is 12.5. The van der Waals surface area contributed by atoms with E-state index in [4.69, 9.17) is 10.5 Å². The van der Waals surface area contributed by atoms with E-state index in [1.54, 1.807) is 19.1 Å². The summed E-state index contributed by atoms with van der Waals surface area (Å²) >= 11 is 0. The Morgan fingerprint density at radius 3 is 2.44 bits per heavy atom. The Hall–Kier alpha value is -1.27. The number of nitrogen functional groups attached to an aromatic ring is 1. The van der Waals surface area contributed by atoms with E-state index in [1.807, 2.05) is 13.8 Å². The zero-order valence-corrected chi connectivity index (χ0v) is 12.0. The lowest BCUT2D eigenvalue weighted by Gasteiger charge is -2.25. The first-order chi connectivity index (χ1) is 8.34. The molecule has 0 unspecified atom stereocenters. The molecule has 1 aromatic rings. The molecular formula is C12H20N2O3S. The predicted octanol–water partition coefficient (Wildman–Crippen LogP) is 1.70. The van der Waals surface area contributed by atoms with Gasteiger partial charge in [0.1, 0.15) is 10.6 Å². The minimum atomic E-state index is -3.59. The standard InChI is InChI=1S/C12H20N2O3S/c1-5-14(9(2)3)18(15,16)12-8-10(13)6-7-11(12)17-4/h6-9H,5,13H2,1-4H3. The highest BCUT2D eigenvalue weighted by Gasteiger charge is 2.28. The van der Waals surface area contributed by atoms with Crippen LogP contribution >= 0.6 is 0 Å². The quantitative estimate of drug-likeness (QED) is 0.828. The highest BCUT2D eigenvalue weighted by Crippen LogP contribution is 2.29. The molecule has 0 heterocycles. The molecule has 1 rings (SSSR count). The van der Waals surface area contributed by atoms with Gasteiger partial charge >= 0.3 is 0 Å². The predicted molar refractivity (Wildman–Crippen MR) is 72.1 cm³/mol. The lowest BCUT2D eigenvalue weighted by molar-refractivity contribution is 0.362. The van der Waals surface area contributed by atoms with Crippen molar-refractivity contribution >= 4 is 15.7 Å². The summed E-state index contributed by atoms with van der Waals surface area (Å²) in [6, 6.07) is 4.49. The summed E-state index contributed by atoms with van der Waals surface area (Å²) in [6.07, 6.45) is 0. The minimum Gasteiger partial charge on any atom is -0.495 e. The van der Waals surface area contributed by atoms with Crippen molar-refractivity contribution in [2.75, 3.05) is 19.4 Å². The molecule has 0 amide bonds. The van der Waals surface area contributed by atoms with Gasteiger partial charge < -0.3 is 10.5 Å². The number of methoxy groups -OCH3 is 1. The van der Waals surface area contributed by atoms with Crippen LogP contribution in [0.5, 0.6) is 5.75 Å². The summed E-state index contributed by atoms with van der Waals surface area (Å²) in [6.45, 7) is 5.87. The molecule has 0 bridgehead atoms. The number of rotatable bonds is 5. The van der Waals surface area contributed by atoms with E-state index in [-0.39, 0.29) is 10.9 Å². The maximum Gasteiger partial charge on any atom is 0.247 e. The number of nitrogens with zero attached hydrogens (tertiary/aromatic N) is 1. The second-order valence-corrected chi connectivity index (χ2v) is 6.07. The van der Waals surface area contributed by atoms with Crippen molar-refractivity contribution in [3.05, 3.63) is 18.2 Å². The summed E-state index contributed by atoms with van der Waals surface area (Å²) in [5.41, 5.74) is 6.06. The molecule has 0 saturated carbocycles. The largest absolute Gasteiger partial charge is 0.495 e. The molecule has 102 valence electrons. The third-order valence-electron chi connectivity index (χ3n) is 2.66. The van der Waals surface area contributed by atoms with Crippen LogP contribution in [0.4, 0.5) is 5.69 Å². The number of ether oxygens (including phenoxy) is 1. The summed E-state index contributed by atoms with van der Waals surface area (Å²) in [5.74, 6) is 0.309. The van der Waals surface area contributed by atoms with Gasteiger partial charge in [0.25, 0.3) is 0 Å². The molecule has 2 N–H and O–H groups in total. The fourth-order valence-corrected chi connectivity index (χ4v) is 3.67. The lowest BCUT2D eigenvalue weighted by atomic mass is 10.3. The maximum atomic E-state index is 12.5. The average Bonchev–Trinajstić information content (AvgIpc) is 2.28. The van der Waals surface area contributed by atoms with E-state index < -0.39 is 10.0 Å².